The molecule has 112 valence electrons. The fourth-order valence-corrected chi connectivity index (χ4v) is 2.33. The van der Waals surface area contributed by atoms with Crippen LogP contribution in [0.5, 0.6) is 0 Å². The van der Waals surface area contributed by atoms with Gasteiger partial charge in [0.1, 0.15) is 9.84 Å². The minimum atomic E-state index is -3.15. The molecule has 0 rings (SSSR count). The Morgan fingerprint density at radius 2 is 1.84 bits per heavy atom. The second kappa shape index (κ2) is 8.14. The topological polar surface area (TPSA) is 101 Å². The lowest BCUT2D eigenvalue weighted by Crippen LogP contribution is -2.32. The highest BCUT2D eigenvalue weighted by molar-refractivity contribution is 7.90. The van der Waals surface area contributed by atoms with E-state index in [0.29, 0.717) is 12.3 Å². The number of hydrogen-bond acceptors (Lipinski definition) is 4. The smallest absolute Gasteiger partial charge is 0.303 e. The molecule has 1 amide bonds. The third kappa shape index (κ3) is 11.7. The molecule has 0 aromatic carbocycles. The molecule has 1 atom stereocenters. The molecule has 0 saturated heterocycles. The zero-order valence-corrected chi connectivity index (χ0v) is 12.5. The maximum atomic E-state index is 11.4. The molecule has 0 aliphatic heterocycles. The van der Waals surface area contributed by atoms with E-state index in [4.69, 9.17) is 5.11 Å². The lowest BCUT2D eigenvalue weighted by molar-refractivity contribution is -0.138. The molecule has 0 aromatic rings. The summed E-state index contributed by atoms with van der Waals surface area (Å²) < 4.78 is 21.8. The van der Waals surface area contributed by atoms with E-state index in [-0.39, 0.29) is 37.0 Å². The Kier molecular flexibility index (Phi) is 7.66. The van der Waals surface area contributed by atoms with Gasteiger partial charge in [-0.3, -0.25) is 9.59 Å². The number of carboxylic acids is 1. The van der Waals surface area contributed by atoms with Crippen LogP contribution in [0.4, 0.5) is 0 Å². The van der Waals surface area contributed by atoms with Crippen LogP contribution in [0.1, 0.15) is 33.1 Å². The Morgan fingerprint density at radius 1 is 1.26 bits per heavy atom. The molecule has 0 bridgehead atoms. The van der Waals surface area contributed by atoms with Crippen molar-refractivity contribution in [3.05, 3.63) is 0 Å². The van der Waals surface area contributed by atoms with E-state index in [1.807, 2.05) is 13.8 Å². The Morgan fingerprint density at radius 3 is 2.26 bits per heavy atom. The normalized spacial score (nSPS) is 13.3. The molecule has 0 aromatic heterocycles. The molecule has 19 heavy (non-hydrogen) atoms. The Bertz CT molecular complexity index is 402. The molecule has 7 heteroatoms. The third-order valence-electron chi connectivity index (χ3n) is 2.56. The molecule has 1 unspecified atom stereocenters. The molecule has 0 aliphatic carbocycles. The van der Waals surface area contributed by atoms with E-state index in [0.717, 1.165) is 6.26 Å². The van der Waals surface area contributed by atoms with Gasteiger partial charge in [0.05, 0.1) is 5.75 Å². The van der Waals surface area contributed by atoms with Crippen LogP contribution in [0.25, 0.3) is 0 Å². The summed E-state index contributed by atoms with van der Waals surface area (Å²) in [6.07, 6.45) is 1.70. The molecule has 0 radical (unpaired) electrons. The Labute approximate surface area is 114 Å². The molecular weight excluding hydrogens is 270 g/mol. The van der Waals surface area contributed by atoms with Crippen molar-refractivity contribution in [2.75, 3.05) is 18.6 Å². The van der Waals surface area contributed by atoms with Gasteiger partial charge in [0.25, 0.3) is 0 Å². The molecule has 0 heterocycles. The zero-order chi connectivity index (χ0) is 15.1. The highest BCUT2D eigenvalue weighted by Crippen LogP contribution is 2.14. The van der Waals surface area contributed by atoms with E-state index >= 15 is 0 Å². The van der Waals surface area contributed by atoms with Crippen molar-refractivity contribution in [1.82, 2.24) is 5.32 Å². The predicted molar refractivity (Wildman–Crippen MR) is 72.5 cm³/mol. The summed E-state index contributed by atoms with van der Waals surface area (Å²) in [4.78, 5) is 22.1. The SMILES string of the molecule is CC(C)CC(CNC(=O)CCS(C)(=O)=O)CC(=O)O. The molecule has 0 aliphatic rings. The standard InChI is InChI=1S/C12H23NO5S/c1-9(2)6-10(7-12(15)16)8-13-11(14)4-5-19(3,17)18/h9-10H,4-8H2,1-3H3,(H,13,14)(H,15,16). The molecule has 0 saturated carbocycles. The van der Waals surface area contributed by atoms with Gasteiger partial charge in [-0.1, -0.05) is 13.8 Å². The fourth-order valence-electron chi connectivity index (χ4n) is 1.78. The van der Waals surface area contributed by atoms with Crippen LogP contribution in [0, 0.1) is 11.8 Å². The van der Waals surface area contributed by atoms with Crippen molar-refractivity contribution >= 4 is 21.7 Å². The third-order valence-corrected chi connectivity index (χ3v) is 3.50. The Balaban J connectivity index is 4.15. The highest BCUT2D eigenvalue weighted by atomic mass is 32.2. The summed E-state index contributed by atoms with van der Waals surface area (Å²) in [6.45, 7) is 4.24. The van der Waals surface area contributed by atoms with Crippen LogP contribution in [0.2, 0.25) is 0 Å². The second-order valence-corrected chi connectivity index (χ2v) is 7.54. The second-order valence-electron chi connectivity index (χ2n) is 5.28. The summed E-state index contributed by atoms with van der Waals surface area (Å²) in [5.74, 6) is -1.22. The fraction of sp³-hybridized carbons (Fsp3) is 0.833. The lowest BCUT2D eigenvalue weighted by atomic mass is 9.94. The van der Waals surface area contributed by atoms with Crippen LogP contribution in [-0.4, -0.2) is 44.0 Å². The molecule has 2 N–H and O–H groups in total. The van der Waals surface area contributed by atoms with Crippen LogP contribution in [0.3, 0.4) is 0 Å². The first-order valence-corrected chi connectivity index (χ1v) is 8.32. The van der Waals surface area contributed by atoms with E-state index in [2.05, 4.69) is 5.32 Å². The maximum Gasteiger partial charge on any atom is 0.303 e. The van der Waals surface area contributed by atoms with Crippen molar-refractivity contribution in [3.8, 4) is 0 Å². The van der Waals surface area contributed by atoms with E-state index in [1.165, 1.54) is 0 Å². The Hall–Kier alpha value is -1.11. The average Bonchev–Trinajstić information content (AvgIpc) is 2.20. The average molecular weight is 293 g/mol. The quantitative estimate of drug-likeness (QED) is 0.651. The van der Waals surface area contributed by atoms with Gasteiger partial charge in [0.15, 0.2) is 0 Å². The van der Waals surface area contributed by atoms with Crippen LogP contribution < -0.4 is 5.32 Å². The van der Waals surface area contributed by atoms with Gasteiger partial charge < -0.3 is 10.4 Å². The van der Waals surface area contributed by atoms with Gasteiger partial charge in [0, 0.05) is 25.6 Å². The first-order valence-electron chi connectivity index (χ1n) is 6.26. The zero-order valence-electron chi connectivity index (χ0n) is 11.7. The number of nitrogens with one attached hydrogen (secondary N) is 1. The van der Waals surface area contributed by atoms with Gasteiger partial charge in [0.2, 0.25) is 5.91 Å². The van der Waals surface area contributed by atoms with Crippen LogP contribution in [-0.2, 0) is 19.4 Å². The minimum absolute atomic E-state index is 0.00450. The number of carbonyl (C=O) groups excluding carboxylic acids is 1. The number of carbonyl (C=O) groups is 2. The summed E-state index contributed by atoms with van der Waals surface area (Å²) in [5.41, 5.74) is 0. The van der Waals surface area contributed by atoms with Crippen molar-refractivity contribution in [2.24, 2.45) is 11.8 Å². The van der Waals surface area contributed by atoms with Gasteiger partial charge in [-0.2, -0.15) is 0 Å². The maximum absolute atomic E-state index is 11.4. The van der Waals surface area contributed by atoms with Crippen molar-refractivity contribution in [1.29, 1.82) is 0 Å². The highest BCUT2D eigenvalue weighted by Gasteiger charge is 2.16. The van der Waals surface area contributed by atoms with E-state index in [9.17, 15) is 18.0 Å². The van der Waals surface area contributed by atoms with Crippen LogP contribution >= 0.6 is 0 Å². The van der Waals surface area contributed by atoms with Gasteiger partial charge in [-0.05, 0) is 18.3 Å². The lowest BCUT2D eigenvalue weighted by Gasteiger charge is -2.17. The van der Waals surface area contributed by atoms with Crippen molar-refractivity contribution in [3.63, 3.8) is 0 Å². The number of hydrogen-bond donors (Lipinski definition) is 2. The molecule has 6 nitrogen and oxygen atoms in total. The predicted octanol–water partition coefficient (Wildman–Crippen LogP) is 0.674. The summed E-state index contributed by atoms with van der Waals surface area (Å²) in [7, 11) is -3.15. The van der Waals surface area contributed by atoms with Gasteiger partial charge in [-0.25, -0.2) is 8.42 Å². The van der Waals surface area contributed by atoms with Crippen molar-refractivity contribution in [2.45, 2.75) is 33.1 Å². The first kappa shape index (κ1) is 17.9. The molecule has 0 spiro atoms. The molecular formula is C12H23NO5S. The number of aliphatic carboxylic acids is 1. The van der Waals surface area contributed by atoms with Gasteiger partial charge >= 0.3 is 5.97 Å². The largest absolute Gasteiger partial charge is 0.481 e. The number of sulfone groups is 1. The minimum Gasteiger partial charge on any atom is -0.481 e. The van der Waals surface area contributed by atoms with Crippen molar-refractivity contribution < 1.29 is 23.1 Å². The monoisotopic (exact) mass is 293 g/mol. The number of rotatable bonds is 9. The number of amides is 1. The first-order chi connectivity index (χ1) is 8.60. The summed E-state index contributed by atoms with van der Waals surface area (Å²) in [5, 5.41) is 11.4. The van der Waals surface area contributed by atoms with Gasteiger partial charge in [-0.15, -0.1) is 0 Å². The summed E-state index contributed by atoms with van der Waals surface area (Å²) in [6, 6.07) is 0. The summed E-state index contributed by atoms with van der Waals surface area (Å²) >= 11 is 0. The number of carboxylic acid groups (broad SMARTS) is 1. The molecule has 0 fully saturated rings. The van der Waals surface area contributed by atoms with Crippen LogP contribution in [0.15, 0.2) is 0 Å². The van der Waals surface area contributed by atoms with E-state index < -0.39 is 15.8 Å². The van der Waals surface area contributed by atoms with E-state index in [1.54, 1.807) is 0 Å².